The average molecular weight is 484 g/mol. The first-order valence-corrected chi connectivity index (χ1v) is 10.00. The fraction of sp³-hybridized carbons (Fsp3) is 0.562. The molecule has 0 radical (unpaired) electrons. The third-order valence-electron chi connectivity index (χ3n) is 4.57. The van der Waals surface area contributed by atoms with E-state index in [1.807, 2.05) is 28.7 Å². The monoisotopic (exact) mass is 484 g/mol. The van der Waals surface area contributed by atoms with E-state index in [0.29, 0.717) is 21.3 Å². The highest BCUT2D eigenvalue weighted by atomic mass is 127. The van der Waals surface area contributed by atoms with E-state index < -0.39 is 5.51 Å². The molecular weight excluding hydrogens is 464 g/mol. The summed E-state index contributed by atoms with van der Waals surface area (Å²) in [6.07, 6.45) is 4.32. The van der Waals surface area contributed by atoms with Crippen LogP contribution in [0.25, 0.3) is 5.52 Å². The maximum atomic E-state index is 12.8. The first-order chi connectivity index (χ1) is 11.7. The lowest BCUT2D eigenvalue weighted by molar-refractivity contribution is -0.0328. The molecule has 0 aliphatic heterocycles. The van der Waals surface area contributed by atoms with Crippen molar-refractivity contribution in [3.63, 3.8) is 0 Å². The zero-order valence-corrected chi connectivity index (χ0v) is 17.0. The van der Waals surface area contributed by atoms with Gasteiger partial charge < -0.3 is 10.2 Å². The number of fused-ring (bicyclic) bond motifs is 1. The van der Waals surface area contributed by atoms with Crippen molar-refractivity contribution in [1.82, 2.24) is 14.5 Å². The molecule has 0 atom stereocenters. The molecule has 138 valence electrons. The van der Waals surface area contributed by atoms with Gasteiger partial charge in [-0.25, -0.2) is 4.52 Å². The van der Waals surface area contributed by atoms with Crippen LogP contribution in [0.5, 0.6) is 0 Å². The molecule has 25 heavy (non-hydrogen) atoms. The summed E-state index contributed by atoms with van der Waals surface area (Å²) >= 11 is 1.76. The standard InChI is InChI=1S/C16H20F3IN4S/c1-23(2)11-8-6-10(7-9-11)21-13-5-3-4-12-14(25-16(17,18)19)15(20)22-24(12)13/h3-5,10-11,21H,6-9H2,1-2H3. The van der Waals surface area contributed by atoms with E-state index in [2.05, 4.69) is 29.4 Å². The van der Waals surface area contributed by atoms with Crippen molar-refractivity contribution >= 4 is 45.7 Å². The van der Waals surface area contributed by atoms with Crippen LogP contribution in [0.4, 0.5) is 19.0 Å². The third-order valence-corrected chi connectivity index (χ3v) is 6.53. The lowest BCUT2D eigenvalue weighted by Crippen LogP contribution is -2.36. The molecule has 1 aliphatic rings. The molecular formula is C16H20F3IN4S. The Kier molecular flexibility index (Phi) is 5.74. The number of anilines is 1. The smallest absolute Gasteiger partial charge is 0.367 e. The predicted molar refractivity (Wildman–Crippen MR) is 103 cm³/mol. The number of nitrogens with one attached hydrogen (secondary N) is 1. The van der Waals surface area contributed by atoms with Gasteiger partial charge in [-0.3, -0.25) is 0 Å². The van der Waals surface area contributed by atoms with Crippen molar-refractivity contribution in [2.45, 2.75) is 48.2 Å². The van der Waals surface area contributed by atoms with Gasteiger partial charge in [-0.05, 0) is 86.3 Å². The molecule has 2 aromatic heterocycles. The average Bonchev–Trinajstić information content (AvgIpc) is 2.84. The van der Waals surface area contributed by atoms with E-state index in [1.54, 1.807) is 16.6 Å². The Bertz CT molecular complexity index is 739. The quantitative estimate of drug-likeness (QED) is 0.498. The Hall–Kier alpha value is -0.680. The van der Waals surface area contributed by atoms with Gasteiger partial charge in [0, 0.05) is 12.1 Å². The zero-order valence-electron chi connectivity index (χ0n) is 14.0. The van der Waals surface area contributed by atoms with Gasteiger partial charge in [0.25, 0.3) is 0 Å². The third kappa shape index (κ3) is 4.54. The zero-order chi connectivity index (χ0) is 18.2. The van der Waals surface area contributed by atoms with Crippen LogP contribution in [0, 0.1) is 3.70 Å². The van der Waals surface area contributed by atoms with Crippen LogP contribution >= 0.6 is 34.4 Å². The number of nitrogens with zero attached hydrogens (tertiary/aromatic N) is 3. The van der Waals surface area contributed by atoms with Gasteiger partial charge in [0.2, 0.25) is 0 Å². The Morgan fingerprint density at radius 2 is 1.92 bits per heavy atom. The minimum absolute atomic E-state index is 0.102. The van der Waals surface area contributed by atoms with E-state index in [4.69, 9.17) is 0 Å². The molecule has 4 nitrogen and oxygen atoms in total. The summed E-state index contributed by atoms with van der Waals surface area (Å²) in [4.78, 5) is 2.42. The first kappa shape index (κ1) is 19.1. The molecule has 1 aliphatic carbocycles. The Balaban J connectivity index is 1.80. The predicted octanol–water partition coefficient (Wildman–Crippen LogP) is 4.84. The first-order valence-electron chi connectivity index (χ1n) is 8.10. The second-order valence-corrected chi connectivity index (χ2v) is 8.59. The molecule has 1 saturated carbocycles. The minimum Gasteiger partial charge on any atom is -0.367 e. The Morgan fingerprint density at radius 1 is 1.24 bits per heavy atom. The number of alkyl halides is 3. The van der Waals surface area contributed by atoms with Crippen molar-refractivity contribution in [2.24, 2.45) is 0 Å². The molecule has 1 N–H and O–H groups in total. The maximum Gasteiger partial charge on any atom is 0.446 e. The number of hydrogen-bond acceptors (Lipinski definition) is 4. The summed E-state index contributed by atoms with van der Waals surface area (Å²) < 4.78 is 40.4. The molecule has 1 fully saturated rings. The van der Waals surface area contributed by atoms with Crippen LogP contribution in [0.1, 0.15) is 25.7 Å². The summed E-state index contributed by atoms with van der Waals surface area (Å²) in [6, 6.07) is 6.26. The number of rotatable bonds is 4. The summed E-state index contributed by atoms with van der Waals surface area (Å²) in [5, 5.41) is 7.79. The molecule has 3 rings (SSSR count). The number of halogens is 4. The molecule has 0 spiro atoms. The van der Waals surface area contributed by atoms with E-state index in [9.17, 15) is 13.2 Å². The van der Waals surface area contributed by atoms with Crippen LogP contribution < -0.4 is 5.32 Å². The normalized spacial score (nSPS) is 21.9. The van der Waals surface area contributed by atoms with Gasteiger partial charge in [-0.15, -0.1) is 0 Å². The van der Waals surface area contributed by atoms with Crippen LogP contribution in [-0.4, -0.2) is 46.2 Å². The van der Waals surface area contributed by atoms with E-state index in [-0.39, 0.29) is 16.7 Å². The topological polar surface area (TPSA) is 32.6 Å². The van der Waals surface area contributed by atoms with Crippen LogP contribution in [0.2, 0.25) is 0 Å². The molecule has 0 bridgehead atoms. The van der Waals surface area contributed by atoms with Gasteiger partial charge in [-0.1, -0.05) is 6.07 Å². The van der Waals surface area contributed by atoms with Gasteiger partial charge in [0.1, 0.15) is 9.52 Å². The Labute approximate surface area is 162 Å². The summed E-state index contributed by atoms with van der Waals surface area (Å²) in [7, 11) is 4.20. The number of pyridine rings is 1. The summed E-state index contributed by atoms with van der Waals surface area (Å²) in [5.41, 5.74) is -3.84. The summed E-state index contributed by atoms with van der Waals surface area (Å²) in [6.45, 7) is 0. The largest absolute Gasteiger partial charge is 0.446 e. The maximum absolute atomic E-state index is 12.8. The fourth-order valence-corrected chi connectivity index (χ4v) is 4.72. The van der Waals surface area contributed by atoms with Crippen LogP contribution in [0.15, 0.2) is 23.1 Å². The highest BCUT2D eigenvalue weighted by Crippen LogP contribution is 2.41. The van der Waals surface area contributed by atoms with Crippen molar-refractivity contribution in [1.29, 1.82) is 0 Å². The SMILES string of the molecule is CN(C)C1CCC(Nc2cccc3c(SC(F)(F)F)c(I)nn23)CC1. The van der Waals surface area contributed by atoms with Crippen LogP contribution in [0.3, 0.4) is 0 Å². The highest BCUT2D eigenvalue weighted by Gasteiger charge is 2.33. The van der Waals surface area contributed by atoms with Crippen molar-refractivity contribution < 1.29 is 13.2 Å². The van der Waals surface area contributed by atoms with E-state index in [1.165, 1.54) is 0 Å². The van der Waals surface area contributed by atoms with E-state index in [0.717, 1.165) is 31.5 Å². The van der Waals surface area contributed by atoms with Gasteiger partial charge >= 0.3 is 5.51 Å². The minimum atomic E-state index is -4.32. The molecule has 0 saturated heterocycles. The van der Waals surface area contributed by atoms with Gasteiger partial charge in [-0.2, -0.15) is 18.3 Å². The van der Waals surface area contributed by atoms with Crippen molar-refractivity contribution in [2.75, 3.05) is 19.4 Å². The molecule has 0 unspecified atom stereocenters. The van der Waals surface area contributed by atoms with Gasteiger partial charge in [0.05, 0.1) is 10.4 Å². The lowest BCUT2D eigenvalue weighted by atomic mass is 9.90. The van der Waals surface area contributed by atoms with Crippen molar-refractivity contribution in [3.8, 4) is 0 Å². The molecule has 2 aromatic rings. The van der Waals surface area contributed by atoms with Crippen LogP contribution in [-0.2, 0) is 0 Å². The molecule has 0 aromatic carbocycles. The second kappa shape index (κ2) is 7.51. The summed E-state index contributed by atoms with van der Waals surface area (Å²) in [5.74, 6) is 0.748. The highest BCUT2D eigenvalue weighted by molar-refractivity contribution is 14.1. The molecule has 0 amide bonds. The number of hydrogen-bond donors (Lipinski definition) is 1. The molecule has 2 heterocycles. The second-order valence-electron chi connectivity index (χ2n) is 6.49. The lowest BCUT2D eigenvalue weighted by Gasteiger charge is -2.33. The number of aromatic nitrogens is 2. The van der Waals surface area contributed by atoms with Gasteiger partial charge in [0.15, 0.2) is 0 Å². The molecule has 9 heteroatoms. The Morgan fingerprint density at radius 3 is 2.52 bits per heavy atom. The van der Waals surface area contributed by atoms with E-state index >= 15 is 0 Å². The fourth-order valence-electron chi connectivity index (χ4n) is 3.28. The number of thioether (sulfide) groups is 1. The van der Waals surface area contributed by atoms with Crippen molar-refractivity contribution in [3.05, 3.63) is 21.9 Å².